The van der Waals surface area contributed by atoms with Crippen LogP contribution in [0, 0.1) is 0 Å². The summed E-state index contributed by atoms with van der Waals surface area (Å²) >= 11 is 0. The van der Waals surface area contributed by atoms with E-state index >= 15 is 0 Å². The van der Waals surface area contributed by atoms with Gasteiger partial charge in [0.2, 0.25) is 0 Å². The highest BCUT2D eigenvalue weighted by Gasteiger charge is 2.23. The maximum absolute atomic E-state index is 11.6. The fourth-order valence-corrected chi connectivity index (χ4v) is 1.96. The number of alkyl carbamates (subject to hydrolysis) is 1. The summed E-state index contributed by atoms with van der Waals surface area (Å²) in [5, 5.41) is 2.82. The molecule has 1 N–H and O–H groups in total. The van der Waals surface area contributed by atoms with E-state index in [1.807, 2.05) is 20.8 Å². The monoisotopic (exact) mass is 258 g/mol. The quantitative estimate of drug-likeness (QED) is 0.832. The Morgan fingerprint density at radius 2 is 1.94 bits per heavy atom. The van der Waals surface area contributed by atoms with Crippen molar-refractivity contribution in [3.63, 3.8) is 0 Å². The van der Waals surface area contributed by atoms with Crippen molar-refractivity contribution in [2.24, 2.45) is 0 Å². The van der Waals surface area contributed by atoms with Crippen LogP contribution in [0.5, 0.6) is 0 Å². The Hall–Kier alpha value is -0.810. The maximum Gasteiger partial charge on any atom is 0.407 e. The molecule has 0 aliphatic carbocycles. The molecule has 0 unspecified atom stereocenters. The summed E-state index contributed by atoms with van der Waals surface area (Å²) in [6.07, 6.45) is 1.55. The van der Waals surface area contributed by atoms with E-state index in [-0.39, 0.29) is 17.7 Å². The number of nitrogens with one attached hydrogen (secondary N) is 1. The van der Waals surface area contributed by atoms with Crippen molar-refractivity contribution < 1.29 is 14.3 Å². The third-order valence-corrected chi connectivity index (χ3v) is 2.90. The highest BCUT2D eigenvalue weighted by molar-refractivity contribution is 5.68. The average molecular weight is 258 g/mol. The van der Waals surface area contributed by atoms with Gasteiger partial charge in [-0.1, -0.05) is 0 Å². The number of hydrogen-bond acceptors (Lipinski definition) is 4. The van der Waals surface area contributed by atoms with Gasteiger partial charge >= 0.3 is 6.09 Å². The molecule has 0 spiro atoms. The molecule has 106 valence electrons. The smallest absolute Gasteiger partial charge is 0.407 e. The Kier molecular flexibility index (Phi) is 5.88. The van der Waals surface area contributed by atoms with Crippen molar-refractivity contribution in [3.8, 4) is 0 Å². The number of likely N-dealkylation sites (tertiary alicyclic amines) is 1. The van der Waals surface area contributed by atoms with Crippen LogP contribution in [-0.2, 0) is 9.47 Å². The molecule has 0 aromatic carbocycles. The van der Waals surface area contributed by atoms with Gasteiger partial charge in [0.25, 0.3) is 0 Å². The second kappa shape index (κ2) is 6.95. The summed E-state index contributed by atoms with van der Waals surface area (Å²) < 4.78 is 10.5. The number of rotatable bonds is 4. The molecular weight excluding hydrogens is 232 g/mol. The van der Waals surface area contributed by atoms with Crippen LogP contribution in [0.2, 0.25) is 0 Å². The number of carbonyl (C=O) groups excluding carboxylic acids is 1. The van der Waals surface area contributed by atoms with Crippen molar-refractivity contribution in [2.75, 3.05) is 33.4 Å². The normalized spacial score (nSPS) is 18.7. The number of hydrogen-bond donors (Lipinski definition) is 1. The van der Waals surface area contributed by atoms with E-state index in [2.05, 4.69) is 10.2 Å². The first-order valence-corrected chi connectivity index (χ1v) is 6.61. The first kappa shape index (κ1) is 15.2. The predicted octanol–water partition coefficient (Wildman–Crippen LogP) is 1.62. The molecule has 1 aliphatic rings. The van der Waals surface area contributed by atoms with E-state index in [1.165, 1.54) is 0 Å². The largest absolute Gasteiger partial charge is 0.446 e. The number of piperidine rings is 1. The lowest BCUT2D eigenvalue weighted by Crippen LogP contribution is -2.45. The van der Waals surface area contributed by atoms with Crippen LogP contribution in [0.25, 0.3) is 0 Å². The summed E-state index contributed by atoms with van der Waals surface area (Å²) in [5.41, 5.74) is -0.240. The topological polar surface area (TPSA) is 50.8 Å². The zero-order valence-corrected chi connectivity index (χ0v) is 12.0. The third-order valence-electron chi connectivity index (χ3n) is 2.90. The van der Waals surface area contributed by atoms with Gasteiger partial charge in [-0.2, -0.15) is 0 Å². The van der Waals surface area contributed by atoms with Gasteiger partial charge in [-0.3, -0.25) is 0 Å². The molecule has 1 rings (SSSR count). The van der Waals surface area contributed by atoms with Gasteiger partial charge in [0, 0.05) is 32.3 Å². The van der Waals surface area contributed by atoms with Gasteiger partial charge in [-0.05, 0) is 33.6 Å². The molecule has 1 amide bonds. The first-order valence-electron chi connectivity index (χ1n) is 6.61. The molecule has 1 fully saturated rings. The van der Waals surface area contributed by atoms with Gasteiger partial charge in [0.05, 0.1) is 6.61 Å². The Morgan fingerprint density at radius 1 is 1.33 bits per heavy atom. The van der Waals surface area contributed by atoms with Gasteiger partial charge in [0.15, 0.2) is 0 Å². The summed E-state index contributed by atoms with van der Waals surface area (Å²) in [7, 11) is 1.71. The van der Waals surface area contributed by atoms with E-state index in [0.717, 1.165) is 39.1 Å². The van der Waals surface area contributed by atoms with Crippen molar-refractivity contribution in [1.29, 1.82) is 0 Å². The Morgan fingerprint density at radius 3 is 2.44 bits per heavy atom. The van der Waals surface area contributed by atoms with Crippen molar-refractivity contribution in [2.45, 2.75) is 45.3 Å². The molecule has 0 bridgehead atoms. The Labute approximate surface area is 110 Å². The molecule has 1 heterocycles. The third kappa shape index (κ3) is 6.21. The SMILES string of the molecule is COCCN1CCC(OC(=O)NC(C)(C)C)CC1. The lowest BCUT2D eigenvalue weighted by molar-refractivity contribution is 0.0400. The number of ether oxygens (including phenoxy) is 2. The molecule has 1 aliphatic heterocycles. The Balaban J connectivity index is 2.21. The summed E-state index contributed by atoms with van der Waals surface area (Å²) in [5.74, 6) is 0. The lowest BCUT2D eigenvalue weighted by atomic mass is 10.1. The van der Waals surface area contributed by atoms with E-state index in [0.29, 0.717) is 0 Å². The van der Waals surface area contributed by atoms with Gasteiger partial charge < -0.3 is 19.7 Å². The molecular formula is C13H26N2O3. The highest BCUT2D eigenvalue weighted by atomic mass is 16.6. The fraction of sp³-hybridized carbons (Fsp3) is 0.923. The fourth-order valence-electron chi connectivity index (χ4n) is 1.96. The molecule has 5 heteroatoms. The minimum absolute atomic E-state index is 0.0474. The zero-order chi connectivity index (χ0) is 13.6. The molecule has 5 nitrogen and oxygen atoms in total. The minimum atomic E-state index is -0.308. The lowest BCUT2D eigenvalue weighted by Gasteiger charge is -2.32. The second-order valence-corrected chi connectivity index (χ2v) is 5.81. The molecule has 0 atom stereocenters. The van der Waals surface area contributed by atoms with Crippen molar-refractivity contribution >= 4 is 6.09 Å². The number of carbonyl (C=O) groups is 1. The average Bonchev–Trinajstić information content (AvgIpc) is 2.25. The van der Waals surface area contributed by atoms with E-state index in [1.54, 1.807) is 7.11 Å². The number of methoxy groups -OCH3 is 1. The predicted molar refractivity (Wildman–Crippen MR) is 70.7 cm³/mol. The van der Waals surface area contributed by atoms with Crippen LogP contribution in [0.1, 0.15) is 33.6 Å². The van der Waals surface area contributed by atoms with Crippen LogP contribution in [0.4, 0.5) is 4.79 Å². The molecule has 0 aromatic rings. The molecule has 1 saturated heterocycles. The summed E-state index contributed by atoms with van der Waals surface area (Å²) in [4.78, 5) is 14.0. The Bertz CT molecular complexity index is 255. The van der Waals surface area contributed by atoms with Crippen molar-refractivity contribution in [3.05, 3.63) is 0 Å². The molecule has 0 aromatic heterocycles. The van der Waals surface area contributed by atoms with Gasteiger partial charge in [-0.25, -0.2) is 4.79 Å². The van der Waals surface area contributed by atoms with Gasteiger partial charge in [0.1, 0.15) is 6.10 Å². The van der Waals surface area contributed by atoms with Crippen LogP contribution in [0.3, 0.4) is 0 Å². The number of nitrogens with zero attached hydrogens (tertiary/aromatic N) is 1. The zero-order valence-electron chi connectivity index (χ0n) is 12.0. The van der Waals surface area contributed by atoms with E-state index < -0.39 is 0 Å². The standard InChI is InChI=1S/C13H26N2O3/c1-13(2,3)14-12(16)18-11-5-7-15(8-6-11)9-10-17-4/h11H,5-10H2,1-4H3,(H,14,16). The van der Waals surface area contributed by atoms with Crippen LogP contribution >= 0.6 is 0 Å². The highest BCUT2D eigenvalue weighted by Crippen LogP contribution is 2.14. The van der Waals surface area contributed by atoms with Crippen molar-refractivity contribution in [1.82, 2.24) is 10.2 Å². The van der Waals surface area contributed by atoms with Crippen LogP contribution in [-0.4, -0.2) is 56.0 Å². The molecule has 18 heavy (non-hydrogen) atoms. The molecule has 0 radical (unpaired) electrons. The molecule has 0 saturated carbocycles. The van der Waals surface area contributed by atoms with E-state index in [9.17, 15) is 4.79 Å². The van der Waals surface area contributed by atoms with E-state index in [4.69, 9.17) is 9.47 Å². The minimum Gasteiger partial charge on any atom is -0.446 e. The first-order chi connectivity index (χ1) is 8.40. The summed E-state index contributed by atoms with van der Waals surface area (Å²) in [6, 6.07) is 0. The van der Waals surface area contributed by atoms with Crippen LogP contribution in [0.15, 0.2) is 0 Å². The maximum atomic E-state index is 11.6. The number of amides is 1. The van der Waals surface area contributed by atoms with Gasteiger partial charge in [-0.15, -0.1) is 0 Å². The second-order valence-electron chi connectivity index (χ2n) is 5.81. The van der Waals surface area contributed by atoms with Crippen LogP contribution < -0.4 is 5.32 Å². The summed E-state index contributed by atoms with van der Waals surface area (Å²) in [6.45, 7) is 9.49.